The number of carbonyl (C=O) groups excluding carboxylic acids is 4. The number of carbonyl (C=O) groups is 4. The molecule has 5 atom stereocenters. The number of primary amides is 1. The number of halogens is 2. The maximum Gasteiger partial charge on any atom is 0.321 e. The van der Waals surface area contributed by atoms with E-state index in [4.69, 9.17) is 5.73 Å². The van der Waals surface area contributed by atoms with Crippen LogP contribution in [0.4, 0.5) is 8.78 Å². The maximum absolute atomic E-state index is 13.7. The van der Waals surface area contributed by atoms with E-state index in [0.29, 0.717) is 23.4 Å². The maximum atomic E-state index is 13.7. The number of nitrogens with zero attached hydrogens (tertiary/aromatic N) is 3. The summed E-state index contributed by atoms with van der Waals surface area (Å²) in [5.41, 5.74) is 6.30. The Kier molecular flexibility index (Phi) is 6.87. The Balaban J connectivity index is 1.63. The fraction of sp³-hybridized carbons (Fsp3) is 0.538. The summed E-state index contributed by atoms with van der Waals surface area (Å²) in [4.78, 5) is 53.1. The average molecular weight is 531 g/mol. The molecule has 2 heterocycles. The van der Waals surface area contributed by atoms with Crippen LogP contribution in [0.3, 0.4) is 0 Å². The third-order valence-electron chi connectivity index (χ3n) is 7.84. The van der Waals surface area contributed by atoms with Crippen molar-refractivity contribution in [1.29, 1.82) is 0 Å². The third-order valence-corrected chi connectivity index (χ3v) is 7.84. The molecule has 1 saturated heterocycles. The molecule has 38 heavy (non-hydrogen) atoms. The van der Waals surface area contributed by atoms with E-state index in [1.807, 2.05) is 13.8 Å². The van der Waals surface area contributed by atoms with Gasteiger partial charge in [0.2, 0.25) is 17.7 Å². The standard InChI is InChI=1S/C26H32F2N6O4/c1-12(2)18(32-24(38)26(5,27)28)23(37)34-11-15-17(25(15,3)4)20(34)22(36)31-19(21(29)35)14-10-30-33-16-9-7-6-8-13(14)16/h6-10,12,15,17-20H,11H2,1-5H3,(H2,29,35)(H,31,36)(H,32,38)/t15-,17-,18?,19?,20-/m0/s1. The number of nitrogens with two attached hydrogens (primary N) is 1. The van der Waals surface area contributed by atoms with Gasteiger partial charge >= 0.3 is 5.92 Å². The molecule has 1 aliphatic heterocycles. The van der Waals surface area contributed by atoms with Crippen molar-refractivity contribution in [3.8, 4) is 0 Å². The monoisotopic (exact) mass is 530 g/mol. The number of hydrogen-bond acceptors (Lipinski definition) is 6. The van der Waals surface area contributed by atoms with Gasteiger partial charge in [-0.2, -0.15) is 19.0 Å². The molecule has 12 heteroatoms. The first-order chi connectivity index (χ1) is 17.7. The zero-order valence-corrected chi connectivity index (χ0v) is 21.9. The highest BCUT2D eigenvalue weighted by molar-refractivity contribution is 5.97. The lowest BCUT2D eigenvalue weighted by molar-refractivity contribution is -0.150. The number of fused-ring (bicyclic) bond motifs is 2. The number of alkyl halides is 2. The quantitative estimate of drug-likeness (QED) is 0.472. The Morgan fingerprint density at radius 3 is 2.42 bits per heavy atom. The first kappa shape index (κ1) is 27.3. The summed E-state index contributed by atoms with van der Waals surface area (Å²) in [7, 11) is 0. The molecular weight excluding hydrogens is 498 g/mol. The van der Waals surface area contributed by atoms with E-state index in [-0.39, 0.29) is 23.8 Å². The van der Waals surface area contributed by atoms with Crippen molar-refractivity contribution in [2.45, 2.75) is 58.7 Å². The molecule has 2 unspecified atom stereocenters. The largest absolute Gasteiger partial charge is 0.368 e. The molecule has 1 aliphatic carbocycles. The van der Waals surface area contributed by atoms with Crippen LogP contribution in [0.1, 0.15) is 46.2 Å². The molecule has 1 aromatic carbocycles. The van der Waals surface area contributed by atoms with Crippen LogP contribution in [0.5, 0.6) is 0 Å². The summed E-state index contributed by atoms with van der Waals surface area (Å²) < 4.78 is 27.2. The highest BCUT2D eigenvalue weighted by Gasteiger charge is 2.69. The molecule has 1 saturated carbocycles. The van der Waals surface area contributed by atoms with Crippen molar-refractivity contribution in [1.82, 2.24) is 25.7 Å². The molecule has 0 bridgehead atoms. The number of piperidine rings is 1. The van der Waals surface area contributed by atoms with Gasteiger partial charge in [-0.05, 0) is 29.2 Å². The van der Waals surface area contributed by atoms with Gasteiger partial charge < -0.3 is 21.3 Å². The predicted octanol–water partition coefficient (Wildman–Crippen LogP) is 1.55. The minimum atomic E-state index is -3.67. The van der Waals surface area contributed by atoms with Crippen molar-refractivity contribution in [3.05, 3.63) is 36.0 Å². The van der Waals surface area contributed by atoms with Crippen molar-refractivity contribution < 1.29 is 28.0 Å². The fourth-order valence-corrected chi connectivity index (χ4v) is 5.56. The van der Waals surface area contributed by atoms with E-state index in [1.165, 1.54) is 11.1 Å². The molecule has 0 radical (unpaired) electrons. The second-order valence-electron chi connectivity index (χ2n) is 11.1. The summed E-state index contributed by atoms with van der Waals surface area (Å²) in [6.45, 7) is 7.88. The van der Waals surface area contributed by atoms with E-state index in [0.717, 1.165) is 0 Å². The van der Waals surface area contributed by atoms with Gasteiger partial charge in [0.25, 0.3) is 5.91 Å². The first-order valence-electron chi connectivity index (χ1n) is 12.5. The van der Waals surface area contributed by atoms with E-state index in [9.17, 15) is 28.0 Å². The number of benzene rings is 1. The first-order valence-corrected chi connectivity index (χ1v) is 12.5. The lowest BCUT2D eigenvalue weighted by atomic mass is 9.96. The average Bonchev–Trinajstić information content (AvgIpc) is 3.16. The zero-order valence-electron chi connectivity index (χ0n) is 21.9. The Morgan fingerprint density at radius 2 is 1.82 bits per heavy atom. The SMILES string of the molecule is CC(C)C(NC(=O)C(C)(F)F)C(=O)N1C[C@H]2[C@@H]([C@H]1C(=O)NC(C(N)=O)c1cnnc3ccccc13)C2(C)C. The van der Waals surface area contributed by atoms with Crippen molar-refractivity contribution in [2.75, 3.05) is 6.54 Å². The van der Waals surface area contributed by atoms with Gasteiger partial charge in [0.15, 0.2) is 0 Å². The second kappa shape index (κ2) is 9.55. The van der Waals surface area contributed by atoms with Crippen LogP contribution in [-0.4, -0.2) is 63.3 Å². The number of aromatic nitrogens is 2. The molecule has 10 nitrogen and oxygen atoms in total. The van der Waals surface area contributed by atoms with Crippen LogP contribution >= 0.6 is 0 Å². The molecule has 2 aliphatic rings. The smallest absolute Gasteiger partial charge is 0.321 e. The molecule has 4 N–H and O–H groups in total. The lowest BCUT2D eigenvalue weighted by Crippen LogP contribution is -2.59. The molecule has 0 spiro atoms. The van der Waals surface area contributed by atoms with Crippen LogP contribution in [0.25, 0.3) is 10.9 Å². The van der Waals surface area contributed by atoms with Gasteiger partial charge in [-0.1, -0.05) is 45.9 Å². The normalized spacial score (nSPS) is 23.5. The summed E-state index contributed by atoms with van der Waals surface area (Å²) >= 11 is 0. The van der Waals surface area contributed by atoms with Crippen LogP contribution in [0, 0.1) is 23.2 Å². The van der Waals surface area contributed by atoms with Crippen LogP contribution < -0.4 is 16.4 Å². The van der Waals surface area contributed by atoms with Gasteiger partial charge in [0.05, 0.1) is 11.7 Å². The van der Waals surface area contributed by atoms with Gasteiger partial charge in [-0.25, -0.2) is 0 Å². The highest BCUT2D eigenvalue weighted by atomic mass is 19.3. The molecule has 204 valence electrons. The predicted molar refractivity (Wildman–Crippen MR) is 133 cm³/mol. The molecule has 2 fully saturated rings. The van der Waals surface area contributed by atoms with E-state index in [1.54, 1.807) is 38.1 Å². The topological polar surface area (TPSA) is 147 Å². The molecule has 2 aromatic rings. The molecule has 4 rings (SSSR count). The highest BCUT2D eigenvalue weighted by Crippen LogP contribution is 2.65. The Labute approximate surface area is 218 Å². The number of hydrogen-bond donors (Lipinski definition) is 3. The van der Waals surface area contributed by atoms with E-state index in [2.05, 4.69) is 20.8 Å². The van der Waals surface area contributed by atoms with Crippen LogP contribution in [0.2, 0.25) is 0 Å². The summed E-state index contributed by atoms with van der Waals surface area (Å²) in [6.07, 6.45) is 1.36. The van der Waals surface area contributed by atoms with Gasteiger partial charge in [0, 0.05) is 24.4 Å². The number of nitrogens with one attached hydrogen (secondary N) is 2. The van der Waals surface area contributed by atoms with Crippen molar-refractivity contribution in [2.24, 2.45) is 28.9 Å². The fourth-order valence-electron chi connectivity index (χ4n) is 5.56. The Bertz CT molecular complexity index is 1290. The Hall–Kier alpha value is -3.70. The van der Waals surface area contributed by atoms with Gasteiger partial charge in [-0.15, -0.1) is 0 Å². The molecular formula is C26H32F2N6O4. The van der Waals surface area contributed by atoms with E-state index >= 15 is 0 Å². The number of likely N-dealkylation sites (tertiary alicyclic amines) is 1. The third kappa shape index (κ3) is 4.79. The van der Waals surface area contributed by atoms with Gasteiger partial charge in [0.1, 0.15) is 18.1 Å². The number of amides is 4. The number of rotatable bonds is 8. The summed E-state index contributed by atoms with van der Waals surface area (Å²) in [6, 6.07) is 3.46. The van der Waals surface area contributed by atoms with Crippen molar-refractivity contribution >= 4 is 34.5 Å². The van der Waals surface area contributed by atoms with Crippen molar-refractivity contribution in [3.63, 3.8) is 0 Å². The van der Waals surface area contributed by atoms with Gasteiger partial charge in [-0.3, -0.25) is 19.2 Å². The van der Waals surface area contributed by atoms with Crippen LogP contribution in [0.15, 0.2) is 30.5 Å². The van der Waals surface area contributed by atoms with E-state index < -0.39 is 53.6 Å². The molecule has 4 amide bonds. The Morgan fingerprint density at radius 1 is 1.16 bits per heavy atom. The second-order valence-corrected chi connectivity index (χ2v) is 11.1. The minimum absolute atomic E-state index is 0.00576. The summed E-state index contributed by atoms with van der Waals surface area (Å²) in [5, 5.41) is 13.4. The lowest BCUT2D eigenvalue weighted by Gasteiger charge is -2.35. The zero-order chi connectivity index (χ0) is 28.2. The summed E-state index contributed by atoms with van der Waals surface area (Å²) in [5.74, 6) is -8.04. The molecule has 1 aromatic heterocycles. The van der Waals surface area contributed by atoms with Crippen LogP contribution in [-0.2, 0) is 19.2 Å². The minimum Gasteiger partial charge on any atom is -0.368 e.